The molecule has 1 aromatic carbocycles. The lowest BCUT2D eigenvalue weighted by Crippen LogP contribution is -2.32. The molecule has 0 aromatic heterocycles. The van der Waals surface area contributed by atoms with Crippen LogP contribution in [-0.4, -0.2) is 42.0 Å². The molecule has 1 rings (SSSR count). The van der Waals surface area contributed by atoms with Crippen molar-refractivity contribution in [2.75, 3.05) is 19.7 Å². The van der Waals surface area contributed by atoms with E-state index in [0.29, 0.717) is 18.8 Å². The molecular weight excluding hydrogens is 234 g/mol. The predicted octanol–water partition coefficient (Wildman–Crippen LogP) is 0.799. The average Bonchev–Trinajstić information content (AvgIpc) is 2.34. The lowest BCUT2D eigenvalue weighted by molar-refractivity contribution is -0.136. The Kier molecular flexibility index (Phi) is 6.18. The number of aliphatic carboxylic acids is 1. The van der Waals surface area contributed by atoms with E-state index in [1.807, 2.05) is 31.2 Å². The van der Waals surface area contributed by atoms with E-state index in [1.54, 1.807) is 0 Å². The predicted molar refractivity (Wildman–Crippen MR) is 67.8 cm³/mol. The number of nitrogens with one attached hydrogen (secondary N) is 1. The smallest absolute Gasteiger partial charge is 0.304 e. The molecule has 0 fully saturated rings. The molecule has 5 heteroatoms. The second kappa shape index (κ2) is 7.68. The second-order valence-corrected chi connectivity index (χ2v) is 4.13. The van der Waals surface area contributed by atoms with Gasteiger partial charge in [-0.15, -0.1) is 0 Å². The fourth-order valence-corrected chi connectivity index (χ4v) is 1.35. The van der Waals surface area contributed by atoms with Crippen molar-refractivity contribution in [1.82, 2.24) is 5.32 Å². The van der Waals surface area contributed by atoms with Gasteiger partial charge in [-0.3, -0.25) is 4.79 Å². The molecule has 1 aromatic rings. The van der Waals surface area contributed by atoms with Crippen LogP contribution < -0.4 is 10.1 Å². The van der Waals surface area contributed by atoms with E-state index in [1.165, 1.54) is 0 Å². The zero-order valence-corrected chi connectivity index (χ0v) is 10.4. The molecule has 0 saturated carbocycles. The molecule has 0 aliphatic heterocycles. The molecule has 18 heavy (non-hydrogen) atoms. The van der Waals surface area contributed by atoms with E-state index in [0.717, 1.165) is 5.56 Å². The highest BCUT2D eigenvalue weighted by Crippen LogP contribution is 2.11. The average molecular weight is 253 g/mol. The summed E-state index contributed by atoms with van der Waals surface area (Å²) in [5.41, 5.74) is 1.15. The van der Waals surface area contributed by atoms with Crippen LogP contribution in [-0.2, 0) is 4.79 Å². The molecule has 0 spiro atoms. The van der Waals surface area contributed by atoms with Crippen LogP contribution in [0.2, 0.25) is 0 Å². The van der Waals surface area contributed by atoms with Gasteiger partial charge < -0.3 is 20.3 Å². The molecule has 1 atom stereocenters. The highest BCUT2D eigenvalue weighted by atomic mass is 16.5. The molecule has 0 saturated heterocycles. The van der Waals surface area contributed by atoms with Crippen molar-refractivity contribution >= 4 is 5.97 Å². The maximum Gasteiger partial charge on any atom is 0.304 e. The number of aliphatic hydroxyl groups excluding tert-OH is 1. The quantitative estimate of drug-likeness (QED) is 0.597. The van der Waals surface area contributed by atoms with Gasteiger partial charge in [0.1, 0.15) is 18.5 Å². The van der Waals surface area contributed by atoms with Gasteiger partial charge in [-0.1, -0.05) is 17.7 Å². The maximum absolute atomic E-state index is 10.3. The highest BCUT2D eigenvalue weighted by Gasteiger charge is 2.05. The monoisotopic (exact) mass is 253 g/mol. The van der Waals surface area contributed by atoms with E-state index < -0.39 is 12.1 Å². The normalized spacial score (nSPS) is 12.1. The van der Waals surface area contributed by atoms with Gasteiger partial charge in [0.05, 0.1) is 6.42 Å². The molecule has 1 unspecified atom stereocenters. The number of carbonyl (C=O) groups is 1. The van der Waals surface area contributed by atoms with Gasteiger partial charge in [-0.2, -0.15) is 0 Å². The third-order valence-corrected chi connectivity index (χ3v) is 2.36. The Hall–Kier alpha value is -1.59. The number of benzene rings is 1. The first-order valence-corrected chi connectivity index (χ1v) is 5.88. The Morgan fingerprint density at radius 2 is 2.06 bits per heavy atom. The Bertz CT molecular complexity index is 364. The number of ether oxygens (including phenoxy) is 1. The molecule has 100 valence electrons. The Labute approximate surface area is 106 Å². The molecule has 0 amide bonds. The summed E-state index contributed by atoms with van der Waals surface area (Å²) in [6.45, 7) is 2.84. The van der Waals surface area contributed by atoms with Gasteiger partial charge in [0.2, 0.25) is 0 Å². The third kappa shape index (κ3) is 6.22. The van der Waals surface area contributed by atoms with Gasteiger partial charge >= 0.3 is 5.97 Å². The molecule has 3 N–H and O–H groups in total. The number of aliphatic hydroxyl groups is 1. The van der Waals surface area contributed by atoms with Crippen LogP contribution >= 0.6 is 0 Å². The van der Waals surface area contributed by atoms with Crippen molar-refractivity contribution in [3.8, 4) is 5.75 Å². The minimum Gasteiger partial charge on any atom is -0.491 e. The van der Waals surface area contributed by atoms with Crippen molar-refractivity contribution in [1.29, 1.82) is 0 Å². The zero-order valence-electron chi connectivity index (χ0n) is 10.4. The van der Waals surface area contributed by atoms with Crippen LogP contribution in [0.3, 0.4) is 0 Å². The number of hydrogen-bond acceptors (Lipinski definition) is 4. The summed E-state index contributed by atoms with van der Waals surface area (Å²) in [5.74, 6) is -0.141. The summed E-state index contributed by atoms with van der Waals surface area (Å²) in [6, 6.07) is 7.57. The van der Waals surface area contributed by atoms with E-state index in [2.05, 4.69) is 5.32 Å². The Morgan fingerprint density at radius 1 is 1.39 bits per heavy atom. The third-order valence-electron chi connectivity index (χ3n) is 2.36. The van der Waals surface area contributed by atoms with Gasteiger partial charge in [0.25, 0.3) is 0 Å². The lowest BCUT2D eigenvalue weighted by Gasteiger charge is -2.13. The van der Waals surface area contributed by atoms with Crippen molar-refractivity contribution in [3.05, 3.63) is 29.8 Å². The van der Waals surface area contributed by atoms with Gasteiger partial charge in [0.15, 0.2) is 0 Å². The number of rotatable bonds is 8. The van der Waals surface area contributed by atoms with Crippen molar-refractivity contribution in [3.63, 3.8) is 0 Å². The van der Waals surface area contributed by atoms with Crippen LogP contribution in [0.25, 0.3) is 0 Å². The van der Waals surface area contributed by atoms with Crippen molar-refractivity contribution in [2.24, 2.45) is 0 Å². The van der Waals surface area contributed by atoms with E-state index in [9.17, 15) is 9.90 Å². The van der Waals surface area contributed by atoms with Gasteiger partial charge in [0, 0.05) is 13.1 Å². The highest BCUT2D eigenvalue weighted by molar-refractivity contribution is 5.66. The van der Waals surface area contributed by atoms with Gasteiger partial charge in [-0.05, 0) is 19.1 Å². The second-order valence-electron chi connectivity index (χ2n) is 4.13. The van der Waals surface area contributed by atoms with Crippen LogP contribution in [0.4, 0.5) is 0 Å². The zero-order chi connectivity index (χ0) is 13.4. The fraction of sp³-hybridized carbons (Fsp3) is 0.462. The van der Waals surface area contributed by atoms with Crippen molar-refractivity contribution in [2.45, 2.75) is 19.4 Å². The molecule has 0 aliphatic carbocycles. The van der Waals surface area contributed by atoms with E-state index >= 15 is 0 Å². The first-order valence-electron chi connectivity index (χ1n) is 5.88. The fourth-order valence-electron chi connectivity index (χ4n) is 1.35. The van der Waals surface area contributed by atoms with Crippen LogP contribution in [0, 0.1) is 6.92 Å². The van der Waals surface area contributed by atoms with Crippen molar-refractivity contribution < 1.29 is 19.7 Å². The van der Waals surface area contributed by atoms with E-state index in [-0.39, 0.29) is 13.0 Å². The first kappa shape index (κ1) is 14.5. The van der Waals surface area contributed by atoms with Crippen LogP contribution in [0.15, 0.2) is 24.3 Å². The first-order chi connectivity index (χ1) is 8.58. The number of carboxylic acids is 1. The van der Waals surface area contributed by atoms with Crippen LogP contribution in [0.5, 0.6) is 5.75 Å². The molecule has 0 bridgehead atoms. The summed E-state index contributed by atoms with van der Waals surface area (Å²) in [6.07, 6.45) is -0.606. The lowest BCUT2D eigenvalue weighted by atomic mass is 10.2. The molecule has 0 aliphatic rings. The topological polar surface area (TPSA) is 78.8 Å². The molecule has 5 nitrogen and oxygen atoms in total. The maximum atomic E-state index is 10.3. The molecule has 0 heterocycles. The number of aryl methyl sites for hydroxylation is 1. The number of hydrogen-bond donors (Lipinski definition) is 3. The summed E-state index contributed by atoms with van der Waals surface area (Å²) in [5, 5.41) is 20.9. The van der Waals surface area contributed by atoms with Crippen LogP contribution in [0.1, 0.15) is 12.0 Å². The standard InChI is InChI=1S/C13H19NO4/c1-10-2-4-12(5-3-10)18-9-11(15)8-14-7-6-13(16)17/h2-5,11,14-15H,6-9H2,1H3,(H,16,17). The minimum atomic E-state index is -0.854. The molecule has 0 radical (unpaired) electrons. The SMILES string of the molecule is Cc1ccc(OCC(O)CNCCC(=O)O)cc1. The summed E-state index contributed by atoms with van der Waals surface area (Å²) >= 11 is 0. The van der Waals surface area contributed by atoms with Gasteiger partial charge in [-0.25, -0.2) is 0 Å². The Morgan fingerprint density at radius 3 is 2.67 bits per heavy atom. The summed E-state index contributed by atoms with van der Waals surface area (Å²) < 4.78 is 5.39. The summed E-state index contributed by atoms with van der Waals surface area (Å²) in [7, 11) is 0. The van der Waals surface area contributed by atoms with E-state index in [4.69, 9.17) is 9.84 Å². The number of carboxylic acid groups (broad SMARTS) is 1. The minimum absolute atomic E-state index is 0.0472. The molecular formula is C13H19NO4. The summed E-state index contributed by atoms with van der Waals surface area (Å²) in [4.78, 5) is 10.3. The largest absolute Gasteiger partial charge is 0.491 e. The Balaban J connectivity index is 2.14.